The van der Waals surface area contributed by atoms with Crippen molar-refractivity contribution in [3.05, 3.63) is 46.4 Å². The van der Waals surface area contributed by atoms with Crippen LogP contribution in [0.5, 0.6) is 11.5 Å². The van der Waals surface area contributed by atoms with Crippen LogP contribution in [0.25, 0.3) is 0 Å². The molecular formula is C16H15BrO3S. The monoisotopic (exact) mass is 366 g/mol. The maximum atomic E-state index is 9.44. The van der Waals surface area contributed by atoms with Gasteiger partial charge in [0.05, 0.1) is 19.8 Å². The normalized spacial score (nSPS) is 13.8. The van der Waals surface area contributed by atoms with Gasteiger partial charge in [-0.3, -0.25) is 0 Å². The molecule has 21 heavy (non-hydrogen) atoms. The highest BCUT2D eigenvalue weighted by Gasteiger charge is 2.12. The summed E-state index contributed by atoms with van der Waals surface area (Å²) in [6, 6.07) is 11.8. The second-order valence-electron chi connectivity index (χ2n) is 4.67. The molecule has 1 N–H and O–H groups in total. The van der Waals surface area contributed by atoms with E-state index in [1.807, 2.05) is 36.4 Å². The first-order valence-corrected chi connectivity index (χ1v) is 8.34. The standard InChI is InChI=1S/C16H15BrO3S/c17-12-3-2-11(10-18)16(8-12)21-13-4-5-14-15(9-13)20-7-1-6-19-14/h2-5,8-9,18H,1,6-7,10H2. The van der Waals surface area contributed by atoms with Crippen LogP contribution in [-0.2, 0) is 6.61 Å². The molecule has 1 aliphatic rings. The molecule has 3 rings (SSSR count). The Morgan fingerprint density at radius 2 is 1.86 bits per heavy atom. The van der Waals surface area contributed by atoms with Crippen LogP contribution in [-0.4, -0.2) is 18.3 Å². The fourth-order valence-corrected chi connectivity index (χ4v) is 3.61. The van der Waals surface area contributed by atoms with Crippen molar-refractivity contribution in [3.63, 3.8) is 0 Å². The van der Waals surface area contributed by atoms with Gasteiger partial charge in [-0.2, -0.15) is 0 Å². The van der Waals surface area contributed by atoms with E-state index in [2.05, 4.69) is 15.9 Å². The summed E-state index contributed by atoms with van der Waals surface area (Å²) in [7, 11) is 0. The highest BCUT2D eigenvalue weighted by molar-refractivity contribution is 9.10. The molecular weight excluding hydrogens is 352 g/mol. The zero-order chi connectivity index (χ0) is 14.7. The van der Waals surface area contributed by atoms with E-state index in [-0.39, 0.29) is 6.61 Å². The Bertz CT molecular complexity index is 645. The van der Waals surface area contributed by atoms with Gasteiger partial charge in [0.15, 0.2) is 11.5 Å². The van der Waals surface area contributed by atoms with Crippen LogP contribution in [0.3, 0.4) is 0 Å². The van der Waals surface area contributed by atoms with Gasteiger partial charge in [-0.25, -0.2) is 0 Å². The molecule has 5 heteroatoms. The third-order valence-electron chi connectivity index (χ3n) is 3.15. The van der Waals surface area contributed by atoms with Crippen molar-refractivity contribution in [2.24, 2.45) is 0 Å². The number of hydrogen-bond donors (Lipinski definition) is 1. The summed E-state index contributed by atoms with van der Waals surface area (Å²) in [6.07, 6.45) is 0.900. The molecule has 0 saturated heterocycles. The average Bonchev–Trinajstić information content (AvgIpc) is 2.72. The predicted molar refractivity (Wildman–Crippen MR) is 86.2 cm³/mol. The second kappa shape index (κ2) is 6.73. The van der Waals surface area contributed by atoms with Gasteiger partial charge in [0.1, 0.15) is 0 Å². The summed E-state index contributed by atoms with van der Waals surface area (Å²) in [6.45, 7) is 1.40. The van der Waals surface area contributed by atoms with E-state index in [0.717, 1.165) is 37.7 Å². The number of rotatable bonds is 3. The molecule has 0 amide bonds. The van der Waals surface area contributed by atoms with Crippen molar-refractivity contribution in [1.29, 1.82) is 0 Å². The quantitative estimate of drug-likeness (QED) is 0.880. The van der Waals surface area contributed by atoms with Gasteiger partial charge in [-0.05, 0) is 35.9 Å². The lowest BCUT2D eigenvalue weighted by Crippen LogP contribution is -1.97. The Balaban J connectivity index is 1.88. The van der Waals surface area contributed by atoms with Crippen molar-refractivity contribution < 1.29 is 14.6 Å². The van der Waals surface area contributed by atoms with Gasteiger partial charge >= 0.3 is 0 Å². The van der Waals surface area contributed by atoms with Crippen molar-refractivity contribution in [2.75, 3.05) is 13.2 Å². The van der Waals surface area contributed by atoms with E-state index in [9.17, 15) is 5.11 Å². The zero-order valence-electron chi connectivity index (χ0n) is 11.3. The Labute approximate surface area is 136 Å². The molecule has 2 aromatic carbocycles. The summed E-state index contributed by atoms with van der Waals surface area (Å²) < 4.78 is 12.3. The number of halogens is 1. The van der Waals surface area contributed by atoms with Crippen LogP contribution >= 0.6 is 27.7 Å². The van der Waals surface area contributed by atoms with Crippen LogP contribution < -0.4 is 9.47 Å². The molecule has 1 heterocycles. The molecule has 0 aliphatic carbocycles. The minimum absolute atomic E-state index is 0.0279. The number of hydrogen-bond acceptors (Lipinski definition) is 4. The molecule has 0 unspecified atom stereocenters. The van der Waals surface area contributed by atoms with E-state index >= 15 is 0 Å². The topological polar surface area (TPSA) is 38.7 Å². The lowest BCUT2D eigenvalue weighted by molar-refractivity contribution is 0.279. The number of aliphatic hydroxyl groups excluding tert-OH is 1. The number of aliphatic hydroxyl groups is 1. The highest BCUT2D eigenvalue weighted by atomic mass is 79.9. The lowest BCUT2D eigenvalue weighted by Gasteiger charge is -2.11. The Morgan fingerprint density at radius 1 is 1.05 bits per heavy atom. The molecule has 0 saturated carbocycles. The molecule has 110 valence electrons. The molecule has 0 radical (unpaired) electrons. The third kappa shape index (κ3) is 3.54. The summed E-state index contributed by atoms with van der Waals surface area (Å²) in [5.41, 5.74) is 0.912. The number of fused-ring (bicyclic) bond motifs is 1. The minimum atomic E-state index is 0.0279. The van der Waals surface area contributed by atoms with Crippen LogP contribution in [0.2, 0.25) is 0 Å². The minimum Gasteiger partial charge on any atom is -0.490 e. The first-order chi connectivity index (χ1) is 10.3. The van der Waals surface area contributed by atoms with Gasteiger partial charge in [-0.15, -0.1) is 0 Å². The second-order valence-corrected chi connectivity index (χ2v) is 6.70. The maximum Gasteiger partial charge on any atom is 0.162 e. The van der Waals surface area contributed by atoms with E-state index < -0.39 is 0 Å². The van der Waals surface area contributed by atoms with Gasteiger partial charge in [0.25, 0.3) is 0 Å². The summed E-state index contributed by atoms with van der Waals surface area (Å²) in [5, 5.41) is 9.44. The summed E-state index contributed by atoms with van der Waals surface area (Å²) in [5.74, 6) is 1.59. The largest absolute Gasteiger partial charge is 0.490 e. The Hall–Kier alpha value is -1.17. The molecule has 0 aromatic heterocycles. The predicted octanol–water partition coefficient (Wildman–Crippen LogP) is 4.25. The van der Waals surface area contributed by atoms with E-state index in [1.54, 1.807) is 11.8 Å². The van der Waals surface area contributed by atoms with Crippen LogP contribution in [0.1, 0.15) is 12.0 Å². The zero-order valence-corrected chi connectivity index (χ0v) is 13.7. The molecule has 0 atom stereocenters. The summed E-state index contributed by atoms with van der Waals surface area (Å²) in [4.78, 5) is 2.09. The van der Waals surface area contributed by atoms with Gasteiger partial charge in [0, 0.05) is 20.7 Å². The van der Waals surface area contributed by atoms with Crippen LogP contribution in [0.15, 0.2) is 50.7 Å². The fourth-order valence-electron chi connectivity index (χ4n) is 2.09. The molecule has 0 spiro atoms. The van der Waals surface area contributed by atoms with Crippen LogP contribution in [0, 0.1) is 0 Å². The molecule has 0 fully saturated rings. The Kier molecular flexibility index (Phi) is 4.73. The molecule has 0 bridgehead atoms. The highest BCUT2D eigenvalue weighted by Crippen LogP contribution is 2.38. The fraction of sp³-hybridized carbons (Fsp3) is 0.250. The van der Waals surface area contributed by atoms with Crippen molar-refractivity contribution >= 4 is 27.7 Å². The van der Waals surface area contributed by atoms with E-state index in [0.29, 0.717) is 13.2 Å². The maximum absolute atomic E-state index is 9.44. The first kappa shape index (κ1) is 14.8. The van der Waals surface area contributed by atoms with Crippen LogP contribution in [0.4, 0.5) is 0 Å². The SMILES string of the molecule is OCc1ccc(Br)cc1Sc1ccc2c(c1)OCCCO2. The summed E-state index contributed by atoms with van der Waals surface area (Å²) >= 11 is 5.08. The van der Waals surface area contributed by atoms with Crippen molar-refractivity contribution in [1.82, 2.24) is 0 Å². The number of ether oxygens (including phenoxy) is 2. The van der Waals surface area contributed by atoms with Gasteiger partial charge in [0.2, 0.25) is 0 Å². The van der Waals surface area contributed by atoms with Crippen molar-refractivity contribution in [2.45, 2.75) is 22.8 Å². The van der Waals surface area contributed by atoms with Gasteiger partial charge in [-0.1, -0.05) is 33.8 Å². The number of benzene rings is 2. The molecule has 2 aromatic rings. The molecule has 3 nitrogen and oxygen atoms in total. The third-order valence-corrected chi connectivity index (χ3v) is 4.73. The van der Waals surface area contributed by atoms with Crippen molar-refractivity contribution in [3.8, 4) is 11.5 Å². The lowest BCUT2D eigenvalue weighted by atomic mass is 10.2. The van der Waals surface area contributed by atoms with E-state index in [1.165, 1.54) is 0 Å². The smallest absolute Gasteiger partial charge is 0.162 e. The average molecular weight is 367 g/mol. The van der Waals surface area contributed by atoms with E-state index in [4.69, 9.17) is 9.47 Å². The first-order valence-electron chi connectivity index (χ1n) is 6.73. The van der Waals surface area contributed by atoms with Gasteiger partial charge < -0.3 is 14.6 Å². The molecule has 1 aliphatic heterocycles. The Morgan fingerprint density at radius 3 is 2.67 bits per heavy atom.